The van der Waals surface area contributed by atoms with Gasteiger partial charge < -0.3 is 15.4 Å². The number of hydrogen-bond acceptors (Lipinski definition) is 9. The number of ether oxygens (including phenoxy) is 1. The van der Waals surface area contributed by atoms with E-state index in [4.69, 9.17) is 4.74 Å². The van der Waals surface area contributed by atoms with Crippen LogP contribution in [0.1, 0.15) is 5.69 Å². The third-order valence-corrected chi connectivity index (χ3v) is 5.32. The van der Waals surface area contributed by atoms with Crippen LogP contribution >= 0.6 is 0 Å². The number of anilines is 4. The Morgan fingerprint density at radius 1 is 0.833 bits per heavy atom. The van der Waals surface area contributed by atoms with Crippen LogP contribution in [0, 0.1) is 6.92 Å². The molecule has 0 radical (unpaired) electrons. The molecule has 2 N–H and O–H groups in total. The van der Waals surface area contributed by atoms with E-state index >= 15 is 0 Å². The van der Waals surface area contributed by atoms with Crippen LogP contribution in [0.5, 0.6) is 0 Å². The van der Waals surface area contributed by atoms with E-state index in [1.165, 1.54) is 0 Å². The van der Waals surface area contributed by atoms with Crippen LogP contribution in [-0.4, -0.2) is 48.4 Å². The standard InChI is InChI=1S/C26H25N9O/c1-18-4-3-5-22(30-18)25-27-12-10-23(33-25)32-24-11-13-28-26(34-24)31-21-8-6-19(7-9-21)20-16-29-35(17-20)14-15-36-2/h3-13,16-17H,14-15H2,1-2H3,(H2,27,28,31,32,33,34). The van der Waals surface area contributed by atoms with Crippen LogP contribution in [0.25, 0.3) is 22.6 Å². The molecule has 180 valence electrons. The zero-order chi connectivity index (χ0) is 24.7. The average molecular weight is 480 g/mol. The minimum Gasteiger partial charge on any atom is -0.383 e. The van der Waals surface area contributed by atoms with Gasteiger partial charge in [0, 0.05) is 42.6 Å². The fourth-order valence-electron chi connectivity index (χ4n) is 3.53. The van der Waals surface area contributed by atoms with E-state index in [2.05, 4.69) is 40.7 Å². The predicted octanol–water partition coefficient (Wildman–Crippen LogP) is 4.63. The Morgan fingerprint density at radius 2 is 1.64 bits per heavy atom. The summed E-state index contributed by atoms with van der Waals surface area (Å²) in [5, 5.41) is 10.8. The maximum atomic E-state index is 5.11. The summed E-state index contributed by atoms with van der Waals surface area (Å²) in [5.74, 6) is 2.23. The largest absolute Gasteiger partial charge is 0.383 e. The molecule has 4 heterocycles. The molecule has 0 aliphatic heterocycles. The van der Waals surface area contributed by atoms with E-state index in [9.17, 15) is 0 Å². The van der Waals surface area contributed by atoms with Crippen molar-refractivity contribution < 1.29 is 4.74 Å². The summed E-state index contributed by atoms with van der Waals surface area (Å²) in [4.78, 5) is 22.3. The molecule has 0 fully saturated rings. The highest BCUT2D eigenvalue weighted by atomic mass is 16.5. The zero-order valence-corrected chi connectivity index (χ0v) is 20.0. The number of aromatic nitrogens is 7. The van der Waals surface area contributed by atoms with Gasteiger partial charge in [-0.3, -0.25) is 4.68 Å². The van der Waals surface area contributed by atoms with E-state index in [0.717, 1.165) is 34.7 Å². The van der Waals surface area contributed by atoms with Crippen LogP contribution in [0.15, 0.2) is 79.4 Å². The first-order chi connectivity index (χ1) is 17.7. The van der Waals surface area contributed by atoms with E-state index in [-0.39, 0.29) is 0 Å². The average Bonchev–Trinajstić information content (AvgIpc) is 3.37. The molecule has 0 aliphatic rings. The van der Waals surface area contributed by atoms with Gasteiger partial charge in [0.2, 0.25) is 5.95 Å². The first-order valence-electron chi connectivity index (χ1n) is 11.4. The van der Waals surface area contributed by atoms with Crippen molar-refractivity contribution >= 4 is 23.3 Å². The number of nitrogens with one attached hydrogen (secondary N) is 2. The van der Waals surface area contributed by atoms with Crippen LogP contribution in [0.2, 0.25) is 0 Å². The van der Waals surface area contributed by atoms with Gasteiger partial charge in [-0.05, 0) is 48.9 Å². The monoisotopic (exact) mass is 479 g/mol. The second-order valence-corrected chi connectivity index (χ2v) is 8.01. The molecule has 0 amide bonds. The normalized spacial score (nSPS) is 10.8. The minimum absolute atomic E-state index is 0.467. The Morgan fingerprint density at radius 3 is 2.44 bits per heavy atom. The second-order valence-electron chi connectivity index (χ2n) is 8.01. The second kappa shape index (κ2) is 10.7. The molecule has 1 aromatic carbocycles. The van der Waals surface area contributed by atoms with Crippen molar-refractivity contribution in [2.24, 2.45) is 0 Å². The van der Waals surface area contributed by atoms with Crippen LogP contribution in [-0.2, 0) is 11.3 Å². The predicted molar refractivity (Wildman–Crippen MR) is 138 cm³/mol. The maximum absolute atomic E-state index is 5.11. The van der Waals surface area contributed by atoms with Gasteiger partial charge in [-0.15, -0.1) is 0 Å². The number of benzene rings is 1. The molecule has 0 unspecified atom stereocenters. The van der Waals surface area contributed by atoms with Gasteiger partial charge in [0.05, 0.1) is 19.3 Å². The molecule has 36 heavy (non-hydrogen) atoms. The highest BCUT2D eigenvalue weighted by Crippen LogP contribution is 2.23. The highest BCUT2D eigenvalue weighted by Gasteiger charge is 2.07. The summed E-state index contributed by atoms with van der Waals surface area (Å²) in [6.07, 6.45) is 7.24. The Bertz CT molecular complexity index is 1450. The summed E-state index contributed by atoms with van der Waals surface area (Å²) in [7, 11) is 1.68. The van der Waals surface area contributed by atoms with Gasteiger partial charge in [-0.1, -0.05) is 18.2 Å². The number of pyridine rings is 1. The number of hydrogen-bond donors (Lipinski definition) is 2. The number of aryl methyl sites for hydroxylation is 1. The van der Waals surface area contributed by atoms with E-state index in [0.29, 0.717) is 30.0 Å². The van der Waals surface area contributed by atoms with Crippen molar-refractivity contribution in [3.05, 3.63) is 85.1 Å². The van der Waals surface area contributed by atoms with Crippen molar-refractivity contribution in [2.45, 2.75) is 13.5 Å². The van der Waals surface area contributed by atoms with Crippen molar-refractivity contribution in [3.8, 4) is 22.6 Å². The fraction of sp³-hybridized carbons (Fsp3) is 0.154. The van der Waals surface area contributed by atoms with E-state index < -0.39 is 0 Å². The van der Waals surface area contributed by atoms with E-state index in [1.54, 1.807) is 31.6 Å². The molecular weight excluding hydrogens is 454 g/mol. The van der Waals surface area contributed by atoms with Gasteiger partial charge in [0.1, 0.15) is 17.3 Å². The molecule has 0 saturated carbocycles. The smallest absolute Gasteiger partial charge is 0.229 e. The molecule has 10 nitrogen and oxygen atoms in total. The van der Waals surface area contributed by atoms with Crippen molar-refractivity contribution in [3.63, 3.8) is 0 Å². The van der Waals surface area contributed by atoms with Crippen molar-refractivity contribution in [1.82, 2.24) is 34.7 Å². The fourth-order valence-corrected chi connectivity index (χ4v) is 3.53. The molecule has 0 saturated heterocycles. The lowest BCUT2D eigenvalue weighted by Gasteiger charge is -2.09. The molecule has 4 aromatic heterocycles. The van der Waals surface area contributed by atoms with Gasteiger partial charge in [-0.25, -0.2) is 19.9 Å². The summed E-state index contributed by atoms with van der Waals surface area (Å²) >= 11 is 0. The lowest BCUT2D eigenvalue weighted by molar-refractivity contribution is 0.183. The summed E-state index contributed by atoms with van der Waals surface area (Å²) in [6.45, 7) is 3.28. The Labute approximate surface area is 208 Å². The van der Waals surface area contributed by atoms with Crippen LogP contribution in [0.3, 0.4) is 0 Å². The third-order valence-electron chi connectivity index (χ3n) is 5.32. The summed E-state index contributed by atoms with van der Waals surface area (Å²) in [6, 6.07) is 17.4. The van der Waals surface area contributed by atoms with Crippen molar-refractivity contribution in [1.29, 1.82) is 0 Å². The maximum Gasteiger partial charge on any atom is 0.229 e. The Kier molecular flexibility index (Phi) is 6.86. The lowest BCUT2D eigenvalue weighted by Crippen LogP contribution is -2.03. The van der Waals surface area contributed by atoms with Crippen molar-refractivity contribution in [2.75, 3.05) is 24.4 Å². The highest BCUT2D eigenvalue weighted by molar-refractivity contribution is 5.66. The zero-order valence-electron chi connectivity index (χ0n) is 20.0. The molecule has 0 atom stereocenters. The molecule has 10 heteroatoms. The summed E-state index contributed by atoms with van der Waals surface area (Å²) < 4.78 is 6.98. The van der Waals surface area contributed by atoms with Gasteiger partial charge >= 0.3 is 0 Å². The Hall–Kier alpha value is -4.70. The number of nitrogens with zero attached hydrogens (tertiary/aromatic N) is 7. The number of methoxy groups -OCH3 is 1. The quantitative estimate of drug-likeness (QED) is 0.312. The van der Waals surface area contributed by atoms with Crippen LogP contribution < -0.4 is 10.6 Å². The Balaban J connectivity index is 1.26. The number of rotatable bonds is 9. The van der Waals surface area contributed by atoms with E-state index in [1.807, 2.05) is 66.5 Å². The molecule has 5 rings (SSSR count). The topological polar surface area (TPSA) is 116 Å². The summed E-state index contributed by atoms with van der Waals surface area (Å²) in [5.41, 5.74) is 4.62. The van der Waals surface area contributed by atoms with Gasteiger partial charge in [0.15, 0.2) is 5.82 Å². The van der Waals surface area contributed by atoms with Gasteiger partial charge in [-0.2, -0.15) is 10.1 Å². The molecule has 0 bridgehead atoms. The van der Waals surface area contributed by atoms with Crippen LogP contribution in [0.4, 0.5) is 23.3 Å². The molecular formula is C26H25N9O. The minimum atomic E-state index is 0.467. The molecule has 5 aromatic rings. The van der Waals surface area contributed by atoms with Gasteiger partial charge in [0.25, 0.3) is 0 Å². The first kappa shape index (κ1) is 23.1. The lowest BCUT2D eigenvalue weighted by atomic mass is 10.1. The molecule has 0 spiro atoms. The first-order valence-corrected chi connectivity index (χ1v) is 11.4. The molecule has 0 aliphatic carbocycles. The third kappa shape index (κ3) is 5.68. The SMILES string of the molecule is COCCn1cc(-c2ccc(Nc3nccc(Nc4ccnc(-c5cccc(C)n5)n4)n3)cc2)cn1.